The Labute approximate surface area is 227 Å². The zero-order chi connectivity index (χ0) is 25.8. The maximum atomic E-state index is 12.7. The van der Waals surface area contributed by atoms with Gasteiger partial charge in [-0.25, -0.2) is 0 Å². The van der Waals surface area contributed by atoms with Gasteiger partial charge in [0.15, 0.2) is 11.0 Å². The van der Waals surface area contributed by atoms with Crippen molar-refractivity contribution in [1.82, 2.24) is 20.1 Å². The average Bonchev–Trinajstić information content (AvgIpc) is 3.44. The number of hydrogen-bond donors (Lipinski definition) is 2. The van der Waals surface area contributed by atoms with Gasteiger partial charge in [-0.1, -0.05) is 35.0 Å². The number of anilines is 1. The second-order valence-corrected chi connectivity index (χ2v) is 11.1. The number of thioether (sulfide) groups is 1. The summed E-state index contributed by atoms with van der Waals surface area (Å²) in [4.78, 5) is 26.6. The van der Waals surface area contributed by atoms with Crippen molar-refractivity contribution in [2.24, 2.45) is 0 Å². The Kier molecular flexibility index (Phi) is 8.57. The highest BCUT2D eigenvalue weighted by atomic mass is 35.5. The summed E-state index contributed by atoms with van der Waals surface area (Å²) in [5.74, 6) is 0.178. The summed E-state index contributed by atoms with van der Waals surface area (Å²) in [6.07, 6.45) is 4.04. The molecule has 0 radical (unpaired) electrons. The molecule has 12 heteroatoms. The van der Waals surface area contributed by atoms with Crippen LogP contribution < -0.4 is 10.6 Å². The fourth-order valence-electron chi connectivity index (χ4n) is 4.07. The minimum absolute atomic E-state index is 0.121. The molecule has 1 aliphatic carbocycles. The minimum Gasteiger partial charge on any atom is -0.342 e. The molecule has 1 aromatic carbocycles. The zero-order valence-corrected chi connectivity index (χ0v) is 22.9. The SMILES string of the molecule is CCn1c(SCC(=O)Nc2sc3c(c2C#N)CCCC3)nnc1[C@@H](C)NC(=O)c1ccc(Cl)c(Cl)c1. The van der Waals surface area contributed by atoms with Crippen LogP contribution in [-0.2, 0) is 24.2 Å². The molecule has 36 heavy (non-hydrogen) atoms. The van der Waals surface area contributed by atoms with E-state index >= 15 is 0 Å². The van der Waals surface area contributed by atoms with E-state index in [4.69, 9.17) is 23.2 Å². The number of rotatable bonds is 8. The third-order valence-electron chi connectivity index (χ3n) is 5.85. The van der Waals surface area contributed by atoms with Crippen LogP contribution >= 0.6 is 46.3 Å². The van der Waals surface area contributed by atoms with E-state index < -0.39 is 6.04 Å². The fraction of sp³-hybridized carbons (Fsp3) is 0.375. The molecule has 8 nitrogen and oxygen atoms in total. The monoisotopic (exact) mass is 562 g/mol. The van der Waals surface area contributed by atoms with Gasteiger partial charge in [-0.05, 0) is 63.3 Å². The molecule has 0 bridgehead atoms. The van der Waals surface area contributed by atoms with Crippen LogP contribution in [0.4, 0.5) is 5.00 Å². The van der Waals surface area contributed by atoms with Crippen LogP contribution in [0.5, 0.6) is 0 Å². The highest BCUT2D eigenvalue weighted by molar-refractivity contribution is 7.99. The number of nitriles is 1. The third-order valence-corrected chi connectivity index (χ3v) is 8.76. The standard InChI is InChI=1S/C24H24Cl2N6O2S2/c1-3-32-21(13(2)28-22(34)14-8-9-17(25)18(26)10-14)30-31-24(32)35-12-20(33)29-23-16(11-27)15-6-4-5-7-19(15)36-23/h8-10,13H,3-7,12H2,1-2H3,(H,28,34)(H,29,33)/t13-/m1/s1. The van der Waals surface area contributed by atoms with E-state index in [1.165, 1.54) is 34.0 Å². The van der Waals surface area contributed by atoms with Gasteiger partial charge in [0.25, 0.3) is 5.91 Å². The van der Waals surface area contributed by atoms with Crippen molar-refractivity contribution in [2.75, 3.05) is 11.1 Å². The van der Waals surface area contributed by atoms with Gasteiger partial charge >= 0.3 is 0 Å². The summed E-state index contributed by atoms with van der Waals surface area (Å²) in [7, 11) is 0. The molecule has 2 heterocycles. The third kappa shape index (κ3) is 5.70. The zero-order valence-electron chi connectivity index (χ0n) is 19.7. The van der Waals surface area contributed by atoms with Crippen molar-refractivity contribution < 1.29 is 9.59 Å². The predicted octanol–water partition coefficient (Wildman–Crippen LogP) is 5.64. The molecule has 1 aliphatic rings. The molecular formula is C24H24Cl2N6O2S2. The van der Waals surface area contributed by atoms with Gasteiger partial charge in [0.05, 0.1) is 27.4 Å². The first-order valence-corrected chi connectivity index (χ1v) is 14.0. The quantitative estimate of drug-likeness (QED) is 0.343. The normalized spacial score (nSPS) is 13.5. The summed E-state index contributed by atoms with van der Waals surface area (Å²) in [6.45, 7) is 4.32. The van der Waals surface area contributed by atoms with E-state index in [1.807, 2.05) is 18.4 Å². The van der Waals surface area contributed by atoms with Crippen molar-refractivity contribution in [1.29, 1.82) is 5.26 Å². The molecule has 0 aliphatic heterocycles. The number of nitrogens with one attached hydrogen (secondary N) is 2. The fourth-order valence-corrected chi connectivity index (χ4v) is 6.43. The van der Waals surface area contributed by atoms with Crippen LogP contribution in [0.2, 0.25) is 10.0 Å². The van der Waals surface area contributed by atoms with Gasteiger partial charge < -0.3 is 15.2 Å². The molecule has 3 aromatic rings. The molecule has 0 saturated heterocycles. The highest BCUT2D eigenvalue weighted by Gasteiger charge is 2.23. The number of halogens is 2. The molecule has 2 amide bonds. The molecule has 2 aromatic heterocycles. The number of carbonyl (C=O) groups is 2. The van der Waals surface area contributed by atoms with Gasteiger partial charge in [-0.3, -0.25) is 9.59 Å². The molecule has 1 atom stereocenters. The molecule has 0 saturated carbocycles. The van der Waals surface area contributed by atoms with Gasteiger partial charge in [0.2, 0.25) is 5.91 Å². The molecule has 2 N–H and O–H groups in total. The van der Waals surface area contributed by atoms with Crippen LogP contribution in [0, 0.1) is 11.3 Å². The summed E-state index contributed by atoms with van der Waals surface area (Å²) in [6, 6.07) is 6.52. The largest absolute Gasteiger partial charge is 0.342 e. The van der Waals surface area contributed by atoms with E-state index in [-0.39, 0.29) is 17.6 Å². The number of benzene rings is 1. The maximum absolute atomic E-state index is 12.7. The molecular weight excluding hydrogens is 539 g/mol. The van der Waals surface area contributed by atoms with Crippen LogP contribution in [0.15, 0.2) is 23.4 Å². The molecule has 0 unspecified atom stereocenters. The maximum Gasteiger partial charge on any atom is 0.251 e. The number of fused-ring (bicyclic) bond motifs is 1. The number of nitrogens with zero attached hydrogens (tertiary/aromatic N) is 4. The second-order valence-electron chi connectivity index (χ2n) is 8.27. The Hall–Kier alpha value is -2.58. The van der Waals surface area contributed by atoms with Crippen LogP contribution in [0.3, 0.4) is 0 Å². The Morgan fingerprint density at radius 3 is 2.75 bits per heavy atom. The van der Waals surface area contributed by atoms with Gasteiger partial charge in [-0.15, -0.1) is 21.5 Å². The molecule has 0 fully saturated rings. The van der Waals surface area contributed by atoms with E-state index in [1.54, 1.807) is 12.1 Å². The first-order chi connectivity index (χ1) is 17.3. The van der Waals surface area contributed by atoms with E-state index in [0.717, 1.165) is 31.2 Å². The van der Waals surface area contributed by atoms with E-state index in [2.05, 4.69) is 26.9 Å². The summed E-state index contributed by atoms with van der Waals surface area (Å²) >= 11 is 14.7. The lowest BCUT2D eigenvalue weighted by Crippen LogP contribution is -2.28. The number of carbonyl (C=O) groups excluding carboxylic acids is 2. The Morgan fingerprint density at radius 2 is 2.03 bits per heavy atom. The average molecular weight is 564 g/mol. The predicted molar refractivity (Wildman–Crippen MR) is 143 cm³/mol. The molecule has 188 valence electrons. The van der Waals surface area contributed by atoms with Crippen LogP contribution in [0.25, 0.3) is 0 Å². The van der Waals surface area contributed by atoms with Crippen molar-refractivity contribution in [3.8, 4) is 6.07 Å². The number of thiophene rings is 1. The topological polar surface area (TPSA) is 113 Å². The summed E-state index contributed by atoms with van der Waals surface area (Å²) in [5, 5.41) is 25.8. The smallest absolute Gasteiger partial charge is 0.251 e. The lowest BCUT2D eigenvalue weighted by Gasteiger charge is -2.15. The van der Waals surface area contributed by atoms with Crippen molar-refractivity contribution in [3.05, 3.63) is 55.6 Å². The number of hydrogen-bond acceptors (Lipinski definition) is 7. The summed E-state index contributed by atoms with van der Waals surface area (Å²) in [5.41, 5.74) is 2.07. The van der Waals surface area contributed by atoms with Crippen molar-refractivity contribution in [3.63, 3.8) is 0 Å². The van der Waals surface area contributed by atoms with Gasteiger partial charge in [0.1, 0.15) is 11.1 Å². The first kappa shape index (κ1) is 26.5. The lowest BCUT2D eigenvalue weighted by atomic mass is 9.96. The van der Waals surface area contributed by atoms with Gasteiger partial charge in [0, 0.05) is 17.0 Å². The second kappa shape index (κ2) is 11.6. The first-order valence-electron chi connectivity index (χ1n) is 11.5. The van der Waals surface area contributed by atoms with Crippen LogP contribution in [0.1, 0.15) is 64.9 Å². The van der Waals surface area contributed by atoms with E-state index in [0.29, 0.717) is 43.7 Å². The minimum atomic E-state index is -0.432. The number of aromatic nitrogens is 3. The number of amides is 2. The van der Waals surface area contributed by atoms with Crippen molar-refractivity contribution >= 4 is 63.1 Å². The van der Waals surface area contributed by atoms with Gasteiger partial charge in [-0.2, -0.15) is 5.26 Å². The Bertz CT molecular complexity index is 1350. The molecule has 4 rings (SSSR count). The lowest BCUT2D eigenvalue weighted by molar-refractivity contribution is -0.113. The van der Waals surface area contributed by atoms with Crippen LogP contribution in [-0.4, -0.2) is 32.3 Å². The Morgan fingerprint density at radius 1 is 1.25 bits per heavy atom. The molecule has 0 spiro atoms. The highest BCUT2D eigenvalue weighted by Crippen LogP contribution is 2.37. The Balaban J connectivity index is 1.40. The van der Waals surface area contributed by atoms with E-state index in [9.17, 15) is 14.9 Å². The number of aryl methyl sites for hydroxylation is 1. The summed E-state index contributed by atoms with van der Waals surface area (Å²) < 4.78 is 1.86. The van der Waals surface area contributed by atoms with Crippen molar-refractivity contribution in [2.45, 2.75) is 57.3 Å².